The van der Waals surface area contributed by atoms with Crippen molar-refractivity contribution in [3.05, 3.63) is 64.7 Å². The van der Waals surface area contributed by atoms with Crippen LogP contribution >= 0.6 is 0 Å². The first-order valence-corrected chi connectivity index (χ1v) is 7.47. The van der Waals surface area contributed by atoms with Crippen LogP contribution in [0.3, 0.4) is 0 Å². The van der Waals surface area contributed by atoms with Crippen LogP contribution in [-0.2, 0) is 11.2 Å². The molecular weight excluding hydrogens is 328 g/mol. The van der Waals surface area contributed by atoms with Crippen molar-refractivity contribution in [1.82, 2.24) is 0 Å². The maximum atomic E-state index is 13.5. The highest BCUT2D eigenvalue weighted by molar-refractivity contribution is 5.95. The monoisotopic (exact) mass is 347 g/mol. The number of hydrogen-bond acceptors (Lipinski definition) is 4. The Kier molecular flexibility index (Phi) is 7.11. The fraction of sp³-hybridized carbons (Fsp3) is 0.211. The molecule has 0 spiro atoms. The van der Waals surface area contributed by atoms with Crippen molar-refractivity contribution in [2.24, 2.45) is 0 Å². The number of rotatable bonds is 4. The van der Waals surface area contributed by atoms with E-state index in [4.69, 9.17) is 5.73 Å². The fourth-order valence-electron chi connectivity index (χ4n) is 2.08. The average Bonchev–Trinajstić information content (AvgIpc) is 2.51. The van der Waals surface area contributed by atoms with E-state index in [0.717, 1.165) is 0 Å². The molecule has 6 heteroatoms. The van der Waals surface area contributed by atoms with E-state index in [-0.39, 0.29) is 46.1 Å². The van der Waals surface area contributed by atoms with Gasteiger partial charge in [-0.1, -0.05) is 18.2 Å². The number of anilines is 1. The summed E-state index contributed by atoms with van der Waals surface area (Å²) in [5, 5.41) is 0. The molecule has 0 radical (unpaired) electrons. The molecule has 0 bridgehead atoms. The van der Waals surface area contributed by atoms with Gasteiger partial charge in [0.2, 0.25) is 0 Å². The Hall–Kier alpha value is -2.89. The molecule has 0 heterocycles. The Labute approximate surface area is 144 Å². The highest BCUT2D eigenvalue weighted by Gasteiger charge is 2.12. The van der Waals surface area contributed by atoms with Crippen molar-refractivity contribution >= 4 is 23.0 Å². The van der Waals surface area contributed by atoms with Crippen molar-refractivity contribution in [3.63, 3.8) is 0 Å². The zero-order chi connectivity index (χ0) is 19.1. The van der Waals surface area contributed by atoms with Crippen molar-refractivity contribution in [2.45, 2.75) is 27.2 Å². The summed E-state index contributed by atoms with van der Waals surface area (Å²) in [5.74, 6) is -1.96. The number of Topliss-reactive ketones (excluding diaryl/α,β-unsaturated/α-hetero) is 3. The molecular formula is C19H19F2NO3. The van der Waals surface area contributed by atoms with Crippen LogP contribution < -0.4 is 5.73 Å². The molecule has 0 aliphatic rings. The SMILES string of the molecule is CC(=O)Cc1cccc(C(C)=O)c1F.CC(=O)c1cccc(N)c1F. The largest absolute Gasteiger partial charge is 0.396 e. The minimum absolute atomic E-state index is 0.0118. The minimum Gasteiger partial charge on any atom is -0.396 e. The van der Waals surface area contributed by atoms with Crippen LogP contribution in [0.25, 0.3) is 0 Å². The minimum atomic E-state index is -0.625. The molecule has 2 N–H and O–H groups in total. The van der Waals surface area contributed by atoms with Gasteiger partial charge in [0.05, 0.1) is 16.8 Å². The number of benzene rings is 2. The maximum absolute atomic E-state index is 13.5. The molecule has 132 valence electrons. The van der Waals surface area contributed by atoms with Crippen LogP contribution in [-0.4, -0.2) is 17.3 Å². The number of ketones is 3. The van der Waals surface area contributed by atoms with E-state index in [1.807, 2.05) is 0 Å². The van der Waals surface area contributed by atoms with E-state index < -0.39 is 11.6 Å². The van der Waals surface area contributed by atoms with Crippen LogP contribution in [0.2, 0.25) is 0 Å². The van der Waals surface area contributed by atoms with Gasteiger partial charge in [-0.3, -0.25) is 14.4 Å². The molecule has 25 heavy (non-hydrogen) atoms. The third kappa shape index (κ3) is 5.60. The van der Waals surface area contributed by atoms with Crippen LogP contribution in [0.4, 0.5) is 14.5 Å². The summed E-state index contributed by atoms with van der Waals surface area (Å²) in [6, 6.07) is 8.90. The van der Waals surface area contributed by atoms with Crippen molar-refractivity contribution in [3.8, 4) is 0 Å². The number of nitrogen functional groups attached to an aromatic ring is 1. The molecule has 2 aromatic rings. The zero-order valence-electron chi connectivity index (χ0n) is 14.2. The second kappa shape index (κ2) is 8.82. The van der Waals surface area contributed by atoms with E-state index in [1.165, 1.54) is 45.0 Å². The number of nitrogens with two attached hydrogens (primary N) is 1. The average molecular weight is 347 g/mol. The first-order valence-electron chi connectivity index (χ1n) is 7.47. The highest BCUT2D eigenvalue weighted by Crippen LogP contribution is 2.15. The molecule has 0 atom stereocenters. The Morgan fingerprint density at radius 2 is 1.32 bits per heavy atom. The molecule has 0 amide bonds. The summed E-state index contributed by atoms with van der Waals surface area (Å²) >= 11 is 0. The first kappa shape index (κ1) is 20.2. The van der Waals surface area contributed by atoms with Gasteiger partial charge < -0.3 is 5.73 Å². The number of carbonyl (C=O) groups excluding carboxylic acids is 3. The number of carbonyl (C=O) groups is 3. The number of halogens is 2. The second-order valence-electron chi connectivity index (χ2n) is 5.48. The van der Waals surface area contributed by atoms with Crippen LogP contribution in [0, 0.1) is 11.6 Å². The summed E-state index contributed by atoms with van der Waals surface area (Å²) < 4.78 is 26.4. The summed E-state index contributed by atoms with van der Waals surface area (Å²) in [4.78, 5) is 32.5. The molecule has 0 aromatic heterocycles. The summed E-state index contributed by atoms with van der Waals surface area (Å²) in [5.41, 5.74) is 5.62. The summed E-state index contributed by atoms with van der Waals surface area (Å²) in [6.45, 7) is 3.99. The Balaban J connectivity index is 0.000000257. The molecule has 2 rings (SSSR count). The van der Waals surface area contributed by atoms with Gasteiger partial charge in [-0.2, -0.15) is 0 Å². The third-order valence-electron chi connectivity index (χ3n) is 3.31. The summed E-state index contributed by atoms with van der Waals surface area (Å²) in [7, 11) is 0. The lowest BCUT2D eigenvalue weighted by Gasteiger charge is -2.03. The Morgan fingerprint density at radius 3 is 1.76 bits per heavy atom. The quantitative estimate of drug-likeness (QED) is 0.675. The smallest absolute Gasteiger partial charge is 0.162 e. The van der Waals surface area contributed by atoms with Crippen molar-refractivity contribution < 1.29 is 23.2 Å². The molecule has 0 aliphatic carbocycles. The Morgan fingerprint density at radius 1 is 0.840 bits per heavy atom. The lowest BCUT2D eigenvalue weighted by molar-refractivity contribution is -0.116. The van der Waals surface area contributed by atoms with Gasteiger partial charge >= 0.3 is 0 Å². The van der Waals surface area contributed by atoms with Gasteiger partial charge in [0.15, 0.2) is 17.4 Å². The van der Waals surface area contributed by atoms with E-state index in [1.54, 1.807) is 12.1 Å². The third-order valence-corrected chi connectivity index (χ3v) is 3.31. The van der Waals surface area contributed by atoms with Crippen molar-refractivity contribution in [2.75, 3.05) is 5.73 Å². The molecule has 4 nitrogen and oxygen atoms in total. The van der Waals surface area contributed by atoms with Gasteiger partial charge in [-0.15, -0.1) is 0 Å². The van der Waals surface area contributed by atoms with E-state index >= 15 is 0 Å². The normalized spacial score (nSPS) is 9.80. The summed E-state index contributed by atoms with van der Waals surface area (Å²) in [6.07, 6.45) is 0.0347. The molecule has 0 saturated carbocycles. The second-order valence-corrected chi connectivity index (χ2v) is 5.48. The van der Waals surface area contributed by atoms with Gasteiger partial charge in [-0.05, 0) is 44.5 Å². The molecule has 0 saturated heterocycles. The fourth-order valence-corrected chi connectivity index (χ4v) is 2.08. The Bertz CT molecular complexity index is 816. The molecule has 0 unspecified atom stereocenters. The molecule has 0 aliphatic heterocycles. The van der Waals surface area contributed by atoms with Gasteiger partial charge in [0, 0.05) is 6.42 Å². The standard InChI is InChI=1S/C11H11FO2.C8H8FNO/c1-7(13)6-9-4-3-5-10(8(2)14)11(9)12;1-5(11)6-3-2-4-7(10)8(6)9/h3-5H,6H2,1-2H3;2-4H,10H2,1H3. The zero-order valence-corrected chi connectivity index (χ0v) is 14.2. The predicted molar refractivity (Wildman–Crippen MR) is 91.6 cm³/mol. The number of hydrogen-bond donors (Lipinski definition) is 1. The molecule has 2 aromatic carbocycles. The highest BCUT2D eigenvalue weighted by atomic mass is 19.1. The van der Waals surface area contributed by atoms with Crippen LogP contribution in [0.5, 0.6) is 0 Å². The van der Waals surface area contributed by atoms with Crippen LogP contribution in [0.15, 0.2) is 36.4 Å². The van der Waals surface area contributed by atoms with E-state index in [0.29, 0.717) is 0 Å². The van der Waals surface area contributed by atoms with Gasteiger partial charge in [0.1, 0.15) is 11.6 Å². The van der Waals surface area contributed by atoms with Crippen molar-refractivity contribution in [1.29, 1.82) is 0 Å². The molecule has 0 fully saturated rings. The lowest BCUT2D eigenvalue weighted by Crippen LogP contribution is -2.04. The first-order chi connectivity index (χ1) is 11.6. The topological polar surface area (TPSA) is 77.2 Å². The lowest BCUT2D eigenvalue weighted by atomic mass is 10.0. The van der Waals surface area contributed by atoms with Gasteiger partial charge in [0.25, 0.3) is 0 Å². The van der Waals surface area contributed by atoms with E-state index in [2.05, 4.69) is 0 Å². The maximum Gasteiger partial charge on any atom is 0.162 e. The van der Waals surface area contributed by atoms with Gasteiger partial charge in [-0.25, -0.2) is 8.78 Å². The van der Waals surface area contributed by atoms with Crippen LogP contribution in [0.1, 0.15) is 47.1 Å². The predicted octanol–water partition coefficient (Wildman–Crippen LogP) is 3.77. The van der Waals surface area contributed by atoms with E-state index in [9.17, 15) is 23.2 Å².